The number of aromatic nitrogens is 3. The lowest BCUT2D eigenvalue weighted by molar-refractivity contribution is 0.00573. The maximum atomic E-state index is 12.1. The molecule has 0 aliphatic carbocycles. The first-order chi connectivity index (χ1) is 11.2. The molecule has 1 aliphatic heterocycles. The van der Waals surface area contributed by atoms with Crippen LogP contribution < -0.4 is 0 Å². The summed E-state index contributed by atoms with van der Waals surface area (Å²) in [6.45, 7) is 3.68. The Balaban J connectivity index is 1.82. The van der Waals surface area contributed by atoms with Gasteiger partial charge in [-0.25, -0.2) is 4.79 Å². The summed E-state index contributed by atoms with van der Waals surface area (Å²) in [7, 11) is 0. The summed E-state index contributed by atoms with van der Waals surface area (Å²) in [6, 6.07) is 3.65. The van der Waals surface area contributed by atoms with Crippen molar-refractivity contribution in [2.24, 2.45) is 0 Å². The predicted octanol–water partition coefficient (Wildman–Crippen LogP) is 1.11. The number of aliphatic hydroxyl groups is 1. The van der Waals surface area contributed by atoms with Crippen molar-refractivity contribution in [1.29, 1.82) is 0 Å². The van der Waals surface area contributed by atoms with Gasteiger partial charge in [-0.1, -0.05) is 6.07 Å². The lowest BCUT2D eigenvalue weighted by Gasteiger charge is -2.24. The van der Waals surface area contributed by atoms with Crippen LogP contribution >= 0.6 is 0 Å². The van der Waals surface area contributed by atoms with Crippen LogP contribution in [-0.2, 0) is 22.6 Å². The van der Waals surface area contributed by atoms with Gasteiger partial charge in [0.2, 0.25) is 0 Å². The standard InChI is InChI=1S/C16H19N3O4/c1-2-23-16(21)14-7-19(18-15(14)12-9-22-10-12)6-13-4-3-11(8-20)5-17-13/h3-5,7,12,20H,2,6,8-10H2,1H3. The van der Waals surface area contributed by atoms with Crippen LogP contribution in [0.15, 0.2) is 24.5 Å². The molecule has 122 valence electrons. The van der Waals surface area contributed by atoms with Crippen molar-refractivity contribution in [3.63, 3.8) is 0 Å². The minimum absolute atomic E-state index is 0.0338. The molecule has 1 aliphatic rings. The molecule has 1 fully saturated rings. The van der Waals surface area contributed by atoms with E-state index in [0.717, 1.165) is 17.0 Å². The summed E-state index contributed by atoms with van der Waals surface area (Å²) in [5.74, 6) is -0.218. The Morgan fingerprint density at radius 3 is 2.87 bits per heavy atom. The minimum atomic E-state index is -0.357. The fourth-order valence-corrected chi connectivity index (χ4v) is 2.39. The van der Waals surface area contributed by atoms with Gasteiger partial charge in [0.15, 0.2) is 0 Å². The number of rotatable bonds is 6. The van der Waals surface area contributed by atoms with Crippen LogP contribution in [0.2, 0.25) is 0 Å². The van der Waals surface area contributed by atoms with Gasteiger partial charge in [0.25, 0.3) is 0 Å². The van der Waals surface area contributed by atoms with E-state index < -0.39 is 0 Å². The molecule has 1 N–H and O–H groups in total. The Labute approximate surface area is 133 Å². The van der Waals surface area contributed by atoms with E-state index in [2.05, 4.69) is 10.1 Å². The largest absolute Gasteiger partial charge is 0.462 e. The summed E-state index contributed by atoms with van der Waals surface area (Å²) < 4.78 is 12.0. The van der Waals surface area contributed by atoms with Crippen molar-refractivity contribution in [2.75, 3.05) is 19.8 Å². The summed E-state index contributed by atoms with van der Waals surface area (Å²) >= 11 is 0. The lowest BCUT2D eigenvalue weighted by Crippen LogP contribution is -2.27. The highest BCUT2D eigenvalue weighted by molar-refractivity contribution is 5.90. The molecule has 3 heterocycles. The number of ether oxygens (including phenoxy) is 2. The van der Waals surface area contributed by atoms with Crippen LogP contribution in [0.3, 0.4) is 0 Å². The third-order valence-corrected chi connectivity index (χ3v) is 3.70. The quantitative estimate of drug-likeness (QED) is 0.803. The molecule has 0 saturated carbocycles. The normalized spacial score (nSPS) is 14.5. The smallest absolute Gasteiger partial charge is 0.341 e. The summed E-state index contributed by atoms with van der Waals surface area (Å²) in [4.78, 5) is 16.4. The summed E-state index contributed by atoms with van der Waals surface area (Å²) in [6.07, 6.45) is 3.33. The van der Waals surface area contributed by atoms with Crippen molar-refractivity contribution in [3.8, 4) is 0 Å². The van der Waals surface area contributed by atoms with E-state index in [1.165, 1.54) is 0 Å². The van der Waals surface area contributed by atoms with Gasteiger partial charge in [-0.2, -0.15) is 5.10 Å². The Kier molecular flexibility index (Phi) is 4.68. The molecule has 2 aromatic heterocycles. The maximum Gasteiger partial charge on any atom is 0.341 e. The molecule has 0 spiro atoms. The van der Waals surface area contributed by atoms with Crippen LogP contribution in [-0.4, -0.2) is 45.7 Å². The Morgan fingerprint density at radius 2 is 2.30 bits per heavy atom. The molecular formula is C16H19N3O4. The third kappa shape index (κ3) is 3.40. The SMILES string of the molecule is CCOC(=O)c1cn(Cc2ccc(CO)cn2)nc1C1COC1. The minimum Gasteiger partial charge on any atom is -0.462 e. The zero-order chi connectivity index (χ0) is 16.2. The molecule has 2 aromatic rings. The molecule has 0 aromatic carbocycles. The van der Waals surface area contributed by atoms with Crippen molar-refractivity contribution in [3.05, 3.63) is 47.0 Å². The number of carbonyl (C=O) groups excluding carboxylic acids is 1. The first-order valence-corrected chi connectivity index (χ1v) is 7.58. The number of aliphatic hydroxyl groups excluding tert-OH is 1. The topological polar surface area (TPSA) is 86.5 Å². The van der Waals surface area contributed by atoms with Crippen molar-refractivity contribution in [2.45, 2.75) is 26.0 Å². The number of pyridine rings is 1. The van der Waals surface area contributed by atoms with Gasteiger partial charge in [0.05, 0.1) is 50.3 Å². The molecule has 7 nitrogen and oxygen atoms in total. The van der Waals surface area contributed by atoms with Crippen LogP contribution in [0.4, 0.5) is 0 Å². The average Bonchev–Trinajstić information content (AvgIpc) is 2.90. The van der Waals surface area contributed by atoms with Gasteiger partial charge < -0.3 is 14.6 Å². The predicted molar refractivity (Wildman–Crippen MR) is 81.0 cm³/mol. The third-order valence-electron chi connectivity index (χ3n) is 3.70. The second-order valence-electron chi connectivity index (χ2n) is 5.40. The molecule has 0 radical (unpaired) electrons. The highest BCUT2D eigenvalue weighted by atomic mass is 16.5. The second-order valence-corrected chi connectivity index (χ2v) is 5.40. The van der Waals surface area contributed by atoms with E-state index in [4.69, 9.17) is 14.6 Å². The molecule has 0 bridgehead atoms. The van der Waals surface area contributed by atoms with Gasteiger partial charge in [-0.3, -0.25) is 9.67 Å². The molecular weight excluding hydrogens is 298 g/mol. The zero-order valence-electron chi connectivity index (χ0n) is 12.9. The highest BCUT2D eigenvalue weighted by Crippen LogP contribution is 2.26. The van der Waals surface area contributed by atoms with Crippen molar-refractivity contribution < 1.29 is 19.4 Å². The Bertz CT molecular complexity index is 677. The van der Waals surface area contributed by atoms with Crippen LogP contribution in [0.5, 0.6) is 0 Å². The van der Waals surface area contributed by atoms with Gasteiger partial charge in [-0.15, -0.1) is 0 Å². The van der Waals surface area contributed by atoms with Crippen LogP contribution in [0, 0.1) is 0 Å². The van der Waals surface area contributed by atoms with E-state index in [-0.39, 0.29) is 18.5 Å². The molecule has 1 saturated heterocycles. The fourth-order valence-electron chi connectivity index (χ4n) is 2.39. The fraction of sp³-hybridized carbons (Fsp3) is 0.438. The van der Waals surface area contributed by atoms with E-state index in [1.807, 2.05) is 12.1 Å². The zero-order valence-corrected chi connectivity index (χ0v) is 12.9. The number of hydrogen-bond acceptors (Lipinski definition) is 6. The number of hydrogen-bond donors (Lipinski definition) is 1. The lowest BCUT2D eigenvalue weighted by atomic mass is 10.0. The van der Waals surface area contributed by atoms with E-state index in [0.29, 0.717) is 31.9 Å². The molecule has 0 amide bonds. The Hall–Kier alpha value is -2.25. The monoisotopic (exact) mass is 317 g/mol. The van der Waals surface area contributed by atoms with E-state index >= 15 is 0 Å². The molecule has 0 unspecified atom stereocenters. The number of nitrogens with zero attached hydrogens (tertiary/aromatic N) is 3. The molecule has 3 rings (SSSR count). The van der Waals surface area contributed by atoms with Gasteiger partial charge in [0, 0.05) is 12.4 Å². The van der Waals surface area contributed by atoms with Crippen molar-refractivity contribution in [1.82, 2.24) is 14.8 Å². The first-order valence-electron chi connectivity index (χ1n) is 7.58. The second kappa shape index (κ2) is 6.89. The average molecular weight is 317 g/mol. The van der Waals surface area contributed by atoms with Crippen LogP contribution in [0.25, 0.3) is 0 Å². The molecule has 7 heteroatoms. The maximum absolute atomic E-state index is 12.1. The Morgan fingerprint density at radius 1 is 1.48 bits per heavy atom. The van der Waals surface area contributed by atoms with Crippen LogP contribution in [0.1, 0.15) is 40.2 Å². The first kappa shape index (κ1) is 15.6. The number of carbonyl (C=O) groups is 1. The van der Waals surface area contributed by atoms with Gasteiger partial charge in [0.1, 0.15) is 5.56 Å². The highest BCUT2D eigenvalue weighted by Gasteiger charge is 2.29. The van der Waals surface area contributed by atoms with Gasteiger partial charge in [-0.05, 0) is 18.6 Å². The molecule has 23 heavy (non-hydrogen) atoms. The van der Waals surface area contributed by atoms with Gasteiger partial charge >= 0.3 is 5.97 Å². The summed E-state index contributed by atoms with van der Waals surface area (Å²) in [5, 5.41) is 13.6. The number of esters is 1. The van der Waals surface area contributed by atoms with E-state index in [9.17, 15) is 4.79 Å². The van der Waals surface area contributed by atoms with E-state index in [1.54, 1.807) is 24.0 Å². The molecule has 0 atom stereocenters. The summed E-state index contributed by atoms with van der Waals surface area (Å²) in [5.41, 5.74) is 2.78. The van der Waals surface area contributed by atoms with Crippen molar-refractivity contribution >= 4 is 5.97 Å².